The monoisotopic (exact) mass is 349 g/mol. The average Bonchev–Trinajstić information content (AvgIpc) is 3.22. The Hall–Kier alpha value is -2.93. The van der Waals surface area contributed by atoms with E-state index in [-0.39, 0.29) is 12.2 Å². The van der Waals surface area contributed by atoms with Crippen molar-refractivity contribution < 1.29 is 4.79 Å². The predicted octanol–water partition coefficient (Wildman–Crippen LogP) is 3.22. The number of imidazole rings is 1. The van der Waals surface area contributed by atoms with Gasteiger partial charge >= 0.3 is 0 Å². The Morgan fingerprint density at radius 3 is 2.84 bits per heavy atom. The number of hydrogen-bond donors (Lipinski definition) is 0. The van der Waals surface area contributed by atoms with Crippen LogP contribution in [-0.2, 0) is 13.5 Å². The number of benzene rings is 1. The van der Waals surface area contributed by atoms with Crippen LogP contribution >= 0.6 is 11.3 Å². The van der Waals surface area contributed by atoms with Gasteiger partial charge in [-0.3, -0.25) is 4.79 Å². The number of carbonyl (C=O) groups is 1. The lowest BCUT2D eigenvalue weighted by Crippen LogP contribution is -2.06. The van der Waals surface area contributed by atoms with Crippen molar-refractivity contribution in [2.45, 2.75) is 13.3 Å². The van der Waals surface area contributed by atoms with Crippen molar-refractivity contribution in [3.8, 4) is 11.3 Å². The molecule has 0 aliphatic rings. The maximum absolute atomic E-state index is 12.3. The van der Waals surface area contributed by atoms with E-state index in [9.17, 15) is 4.79 Å². The second-order valence-electron chi connectivity index (χ2n) is 5.85. The molecule has 0 spiro atoms. The summed E-state index contributed by atoms with van der Waals surface area (Å²) in [4.78, 5) is 20.7. The molecule has 0 aliphatic carbocycles. The molecule has 7 heteroatoms. The van der Waals surface area contributed by atoms with Crippen molar-refractivity contribution in [2.24, 2.45) is 7.05 Å². The predicted molar refractivity (Wildman–Crippen MR) is 96.6 cm³/mol. The first-order chi connectivity index (χ1) is 12.1. The molecule has 3 aromatic heterocycles. The summed E-state index contributed by atoms with van der Waals surface area (Å²) in [5.41, 5.74) is 4.01. The van der Waals surface area contributed by atoms with E-state index in [2.05, 4.69) is 20.2 Å². The molecule has 25 heavy (non-hydrogen) atoms. The highest BCUT2D eigenvalue weighted by molar-refractivity contribution is 7.09. The van der Waals surface area contributed by atoms with Gasteiger partial charge < -0.3 is 4.57 Å². The summed E-state index contributed by atoms with van der Waals surface area (Å²) in [7, 11) is 1.96. The number of ketones is 1. The van der Waals surface area contributed by atoms with E-state index in [1.54, 1.807) is 11.7 Å². The number of rotatable bonds is 4. The zero-order chi connectivity index (χ0) is 17.4. The lowest BCUT2D eigenvalue weighted by molar-refractivity contribution is 0.0987. The second kappa shape index (κ2) is 6.18. The Labute approximate surface area is 148 Å². The van der Waals surface area contributed by atoms with Crippen LogP contribution in [0.1, 0.15) is 21.2 Å². The highest BCUT2D eigenvalue weighted by atomic mass is 32.1. The van der Waals surface area contributed by atoms with Gasteiger partial charge in [-0.1, -0.05) is 6.07 Å². The molecule has 0 unspecified atom stereocenters. The molecule has 0 radical (unpaired) electrons. The summed E-state index contributed by atoms with van der Waals surface area (Å²) in [5, 5.41) is 12.0. The first-order valence-electron chi connectivity index (χ1n) is 7.78. The third kappa shape index (κ3) is 3.06. The van der Waals surface area contributed by atoms with Gasteiger partial charge in [-0.2, -0.15) is 10.2 Å². The molecule has 0 amide bonds. The number of carbonyl (C=O) groups excluding carboxylic acids is 1. The summed E-state index contributed by atoms with van der Waals surface area (Å²) >= 11 is 1.47. The fourth-order valence-corrected chi connectivity index (χ4v) is 3.33. The van der Waals surface area contributed by atoms with Crippen molar-refractivity contribution >= 4 is 28.0 Å². The number of thiazole rings is 1. The van der Waals surface area contributed by atoms with E-state index < -0.39 is 0 Å². The van der Waals surface area contributed by atoms with E-state index in [1.165, 1.54) is 11.3 Å². The highest BCUT2D eigenvalue weighted by Gasteiger charge is 2.13. The van der Waals surface area contributed by atoms with E-state index >= 15 is 0 Å². The number of aryl methyl sites for hydroxylation is 2. The van der Waals surface area contributed by atoms with Crippen molar-refractivity contribution in [1.29, 1.82) is 0 Å². The number of Topliss-reactive ketones (excluding diaryl/α,β-unsaturated/α-hetero) is 1. The van der Waals surface area contributed by atoms with Gasteiger partial charge in [0.15, 0.2) is 5.78 Å². The molecule has 0 fully saturated rings. The first kappa shape index (κ1) is 15.6. The maximum atomic E-state index is 12.3. The minimum Gasteiger partial charge on any atom is -0.334 e. The van der Waals surface area contributed by atoms with Gasteiger partial charge in [-0.25, -0.2) is 9.97 Å². The molecular formula is C18H15N5OS. The fourth-order valence-electron chi connectivity index (χ4n) is 2.72. The van der Waals surface area contributed by atoms with Crippen LogP contribution < -0.4 is 0 Å². The molecule has 0 N–H and O–H groups in total. The Morgan fingerprint density at radius 1 is 1.24 bits per heavy atom. The Balaban J connectivity index is 1.67. The molecule has 4 aromatic rings. The van der Waals surface area contributed by atoms with E-state index in [0.29, 0.717) is 11.4 Å². The summed E-state index contributed by atoms with van der Waals surface area (Å²) in [5.74, 6) is -0.0409. The van der Waals surface area contributed by atoms with E-state index in [1.807, 2.05) is 49.0 Å². The number of nitrogens with zero attached hydrogens (tertiary/aromatic N) is 5. The van der Waals surface area contributed by atoms with Gasteiger partial charge in [0.05, 0.1) is 40.9 Å². The largest absolute Gasteiger partial charge is 0.334 e. The highest BCUT2D eigenvalue weighted by Crippen LogP contribution is 2.23. The summed E-state index contributed by atoms with van der Waals surface area (Å²) < 4.78 is 1.96. The average molecular weight is 349 g/mol. The van der Waals surface area contributed by atoms with Crippen LogP contribution in [-0.4, -0.2) is 30.5 Å². The molecule has 0 atom stereocenters. The maximum Gasteiger partial charge on any atom is 0.188 e. The first-order valence-corrected chi connectivity index (χ1v) is 8.66. The van der Waals surface area contributed by atoms with Crippen LogP contribution in [0.15, 0.2) is 42.2 Å². The van der Waals surface area contributed by atoms with Gasteiger partial charge in [0, 0.05) is 23.4 Å². The van der Waals surface area contributed by atoms with Crippen LogP contribution in [0.25, 0.3) is 22.2 Å². The zero-order valence-electron chi connectivity index (χ0n) is 13.8. The van der Waals surface area contributed by atoms with Crippen LogP contribution in [0.2, 0.25) is 0 Å². The molecule has 124 valence electrons. The topological polar surface area (TPSA) is 73.6 Å². The van der Waals surface area contributed by atoms with Crippen LogP contribution in [0.5, 0.6) is 0 Å². The fraction of sp³-hybridized carbons (Fsp3) is 0.167. The van der Waals surface area contributed by atoms with Crippen LogP contribution in [0, 0.1) is 6.92 Å². The van der Waals surface area contributed by atoms with Gasteiger partial charge in [0.25, 0.3) is 0 Å². The number of aromatic nitrogens is 5. The summed E-state index contributed by atoms with van der Waals surface area (Å²) in [6.45, 7) is 1.89. The second-order valence-corrected chi connectivity index (χ2v) is 6.91. The Bertz CT molecular complexity index is 1080. The smallest absolute Gasteiger partial charge is 0.188 e. The summed E-state index contributed by atoms with van der Waals surface area (Å²) in [6, 6.07) is 7.89. The Morgan fingerprint density at radius 2 is 2.12 bits per heavy atom. The molecule has 1 aromatic carbocycles. The molecule has 0 saturated heterocycles. The molecular weight excluding hydrogens is 334 g/mol. The van der Waals surface area contributed by atoms with Crippen LogP contribution in [0.4, 0.5) is 0 Å². The van der Waals surface area contributed by atoms with E-state index in [0.717, 1.165) is 27.2 Å². The quantitative estimate of drug-likeness (QED) is 0.529. The van der Waals surface area contributed by atoms with Crippen molar-refractivity contribution in [3.63, 3.8) is 0 Å². The van der Waals surface area contributed by atoms with Crippen LogP contribution in [0.3, 0.4) is 0 Å². The van der Waals surface area contributed by atoms with Gasteiger partial charge in [-0.05, 0) is 25.1 Å². The van der Waals surface area contributed by atoms with Crippen molar-refractivity contribution in [2.75, 3.05) is 0 Å². The molecule has 0 aliphatic heterocycles. The Kier molecular flexibility index (Phi) is 3.85. The normalized spacial score (nSPS) is 11.1. The molecule has 6 nitrogen and oxygen atoms in total. The SMILES string of the molecule is Cc1nc(C(=O)Cc2cc3cc(-c4cncn4C)ccc3nn2)cs1. The minimum absolute atomic E-state index is 0.0409. The van der Waals surface area contributed by atoms with Gasteiger partial charge in [-0.15, -0.1) is 11.3 Å². The van der Waals surface area contributed by atoms with Crippen molar-refractivity contribution in [3.05, 3.63) is 58.6 Å². The standard InChI is InChI=1S/C18H15N5OS/c1-11-20-16(9-25-11)18(24)7-14-6-13-5-12(3-4-15(13)22-21-14)17-8-19-10-23(17)2/h3-6,8-10H,7H2,1-2H3. The molecule has 4 rings (SSSR count). The lowest BCUT2D eigenvalue weighted by Gasteiger charge is -2.05. The minimum atomic E-state index is -0.0409. The lowest BCUT2D eigenvalue weighted by atomic mass is 10.1. The molecule has 3 heterocycles. The van der Waals surface area contributed by atoms with E-state index in [4.69, 9.17) is 0 Å². The third-order valence-corrected chi connectivity index (χ3v) is 4.77. The number of fused-ring (bicyclic) bond motifs is 1. The summed E-state index contributed by atoms with van der Waals surface area (Å²) in [6.07, 6.45) is 3.79. The van der Waals surface area contributed by atoms with Gasteiger partial charge in [0.2, 0.25) is 0 Å². The molecule has 0 saturated carbocycles. The van der Waals surface area contributed by atoms with Gasteiger partial charge in [0.1, 0.15) is 5.69 Å². The third-order valence-electron chi connectivity index (χ3n) is 3.99. The zero-order valence-corrected chi connectivity index (χ0v) is 14.6. The number of hydrogen-bond acceptors (Lipinski definition) is 6. The molecule has 0 bridgehead atoms. The van der Waals surface area contributed by atoms with Crippen molar-refractivity contribution in [1.82, 2.24) is 24.7 Å².